The molecule has 114 valence electrons. The van der Waals surface area contributed by atoms with Gasteiger partial charge in [0.2, 0.25) is 0 Å². The lowest BCUT2D eigenvalue weighted by Gasteiger charge is -2.31. The summed E-state index contributed by atoms with van der Waals surface area (Å²) in [5.41, 5.74) is 3.66. The summed E-state index contributed by atoms with van der Waals surface area (Å²) in [6.45, 7) is 5.09. The summed E-state index contributed by atoms with van der Waals surface area (Å²) >= 11 is 0. The van der Waals surface area contributed by atoms with Gasteiger partial charge in [-0.1, -0.05) is 12.1 Å². The van der Waals surface area contributed by atoms with Crippen molar-refractivity contribution in [3.63, 3.8) is 0 Å². The van der Waals surface area contributed by atoms with Crippen molar-refractivity contribution >= 4 is 11.6 Å². The molecule has 0 spiro atoms. The number of amides is 1. The predicted octanol–water partition coefficient (Wildman–Crippen LogP) is 3.35. The first kappa shape index (κ1) is 14.4. The van der Waals surface area contributed by atoms with Crippen molar-refractivity contribution in [3.05, 3.63) is 53.1 Å². The van der Waals surface area contributed by atoms with Crippen LogP contribution in [0.2, 0.25) is 0 Å². The molecule has 2 aromatic rings. The molecule has 0 unspecified atom stereocenters. The minimum absolute atomic E-state index is 0.0320. The van der Waals surface area contributed by atoms with Crippen molar-refractivity contribution in [3.8, 4) is 11.5 Å². The van der Waals surface area contributed by atoms with Crippen molar-refractivity contribution in [2.45, 2.75) is 13.8 Å². The van der Waals surface area contributed by atoms with Gasteiger partial charge < -0.3 is 14.4 Å². The molecule has 1 aliphatic heterocycles. The number of anilines is 1. The zero-order valence-electron chi connectivity index (χ0n) is 13.1. The second-order valence-electron chi connectivity index (χ2n) is 5.47. The SMILES string of the molecule is COc1cccc(C(=O)N2CCOc3cc(C)cc(C)c32)c1. The molecule has 0 aromatic heterocycles. The van der Waals surface area contributed by atoms with Crippen molar-refractivity contribution < 1.29 is 14.3 Å². The van der Waals surface area contributed by atoms with Crippen LogP contribution in [-0.4, -0.2) is 26.2 Å². The summed E-state index contributed by atoms with van der Waals surface area (Å²) in [7, 11) is 1.60. The van der Waals surface area contributed by atoms with Gasteiger partial charge in [-0.3, -0.25) is 4.79 Å². The van der Waals surface area contributed by atoms with E-state index in [1.807, 2.05) is 38.1 Å². The average molecular weight is 297 g/mol. The fourth-order valence-electron chi connectivity index (χ4n) is 2.85. The molecule has 1 amide bonds. The van der Waals surface area contributed by atoms with E-state index in [2.05, 4.69) is 6.07 Å². The van der Waals surface area contributed by atoms with E-state index in [4.69, 9.17) is 9.47 Å². The van der Waals surface area contributed by atoms with E-state index in [1.54, 1.807) is 18.1 Å². The Bertz CT molecular complexity index is 724. The minimum atomic E-state index is -0.0320. The molecule has 0 fully saturated rings. The van der Waals surface area contributed by atoms with Crippen molar-refractivity contribution in [2.24, 2.45) is 0 Å². The summed E-state index contributed by atoms with van der Waals surface area (Å²) in [4.78, 5) is 14.7. The molecule has 1 aliphatic rings. The molecule has 2 aromatic carbocycles. The third-order valence-corrected chi connectivity index (χ3v) is 3.81. The number of aryl methyl sites for hydroxylation is 2. The number of benzene rings is 2. The lowest BCUT2D eigenvalue weighted by atomic mass is 10.1. The Balaban J connectivity index is 2.02. The van der Waals surface area contributed by atoms with E-state index < -0.39 is 0 Å². The number of hydrogen-bond acceptors (Lipinski definition) is 3. The zero-order chi connectivity index (χ0) is 15.7. The van der Waals surface area contributed by atoms with Crippen LogP contribution >= 0.6 is 0 Å². The first-order valence-electron chi connectivity index (χ1n) is 7.30. The Labute approximate surface area is 130 Å². The molecule has 0 aliphatic carbocycles. The maximum atomic E-state index is 12.9. The average Bonchev–Trinajstić information content (AvgIpc) is 2.53. The van der Waals surface area contributed by atoms with Gasteiger partial charge in [-0.05, 0) is 49.2 Å². The summed E-state index contributed by atoms with van der Waals surface area (Å²) in [5, 5.41) is 0. The maximum absolute atomic E-state index is 12.9. The lowest BCUT2D eigenvalue weighted by molar-refractivity contribution is 0.0976. The maximum Gasteiger partial charge on any atom is 0.258 e. The molecule has 0 atom stereocenters. The van der Waals surface area contributed by atoms with Gasteiger partial charge in [0.1, 0.15) is 18.1 Å². The van der Waals surface area contributed by atoms with E-state index in [-0.39, 0.29) is 5.91 Å². The van der Waals surface area contributed by atoms with E-state index in [1.165, 1.54) is 0 Å². The van der Waals surface area contributed by atoms with Crippen LogP contribution in [0.5, 0.6) is 11.5 Å². The first-order valence-corrected chi connectivity index (χ1v) is 7.30. The van der Waals surface area contributed by atoms with Crippen LogP contribution in [0.4, 0.5) is 5.69 Å². The van der Waals surface area contributed by atoms with Crippen LogP contribution in [0.3, 0.4) is 0 Å². The van der Waals surface area contributed by atoms with Crippen molar-refractivity contribution in [2.75, 3.05) is 25.2 Å². The minimum Gasteiger partial charge on any atom is -0.497 e. The largest absolute Gasteiger partial charge is 0.497 e. The van der Waals surface area contributed by atoms with Crippen LogP contribution in [0.25, 0.3) is 0 Å². The first-order chi connectivity index (χ1) is 10.6. The molecule has 22 heavy (non-hydrogen) atoms. The van der Waals surface area contributed by atoms with Gasteiger partial charge in [-0.25, -0.2) is 0 Å². The number of carbonyl (C=O) groups excluding carboxylic acids is 1. The van der Waals surface area contributed by atoms with Gasteiger partial charge in [0, 0.05) is 5.56 Å². The molecule has 0 saturated heterocycles. The van der Waals surface area contributed by atoms with Gasteiger partial charge in [-0.15, -0.1) is 0 Å². The fourth-order valence-corrected chi connectivity index (χ4v) is 2.85. The van der Waals surface area contributed by atoms with Crippen molar-refractivity contribution in [1.29, 1.82) is 0 Å². The quantitative estimate of drug-likeness (QED) is 0.853. The van der Waals surface area contributed by atoms with Crippen LogP contribution in [0.1, 0.15) is 21.5 Å². The molecule has 4 nitrogen and oxygen atoms in total. The number of carbonyl (C=O) groups is 1. The Morgan fingerprint density at radius 3 is 2.82 bits per heavy atom. The molecular weight excluding hydrogens is 278 g/mol. The van der Waals surface area contributed by atoms with Crippen LogP contribution in [-0.2, 0) is 0 Å². The number of methoxy groups -OCH3 is 1. The Morgan fingerprint density at radius 2 is 2.05 bits per heavy atom. The molecule has 3 rings (SSSR count). The van der Waals surface area contributed by atoms with Gasteiger partial charge in [0.15, 0.2) is 0 Å². The summed E-state index contributed by atoms with van der Waals surface area (Å²) in [6, 6.07) is 11.3. The molecule has 0 radical (unpaired) electrons. The molecule has 1 heterocycles. The van der Waals surface area contributed by atoms with Gasteiger partial charge in [0.25, 0.3) is 5.91 Å². The highest BCUT2D eigenvalue weighted by atomic mass is 16.5. The number of fused-ring (bicyclic) bond motifs is 1. The third kappa shape index (κ3) is 2.52. The fraction of sp³-hybridized carbons (Fsp3) is 0.278. The number of nitrogens with zero attached hydrogens (tertiary/aromatic N) is 1. The highest BCUT2D eigenvalue weighted by molar-refractivity contribution is 6.07. The Kier molecular flexibility index (Phi) is 3.75. The van der Waals surface area contributed by atoms with Crippen LogP contribution < -0.4 is 14.4 Å². The van der Waals surface area contributed by atoms with Crippen LogP contribution in [0, 0.1) is 13.8 Å². The second-order valence-corrected chi connectivity index (χ2v) is 5.47. The van der Waals surface area contributed by atoms with E-state index in [0.717, 1.165) is 22.6 Å². The third-order valence-electron chi connectivity index (χ3n) is 3.81. The number of rotatable bonds is 2. The number of ether oxygens (including phenoxy) is 2. The summed E-state index contributed by atoms with van der Waals surface area (Å²) in [6.07, 6.45) is 0. The molecule has 4 heteroatoms. The standard InChI is InChI=1S/C18H19NO3/c1-12-9-13(2)17-16(10-12)22-8-7-19(17)18(20)14-5-4-6-15(11-14)21-3/h4-6,9-11H,7-8H2,1-3H3. The second kappa shape index (κ2) is 5.72. The number of hydrogen-bond donors (Lipinski definition) is 0. The van der Waals surface area contributed by atoms with Crippen molar-refractivity contribution in [1.82, 2.24) is 0 Å². The highest BCUT2D eigenvalue weighted by Crippen LogP contribution is 2.36. The van der Waals surface area contributed by atoms with E-state index in [9.17, 15) is 4.79 Å². The molecule has 0 saturated carbocycles. The summed E-state index contributed by atoms with van der Waals surface area (Å²) < 4.78 is 10.9. The van der Waals surface area contributed by atoms with Crippen LogP contribution in [0.15, 0.2) is 36.4 Å². The molecular formula is C18H19NO3. The Hall–Kier alpha value is -2.49. The Morgan fingerprint density at radius 1 is 1.23 bits per heavy atom. The topological polar surface area (TPSA) is 38.8 Å². The van der Waals surface area contributed by atoms with E-state index >= 15 is 0 Å². The molecule has 0 N–H and O–H groups in total. The normalized spacial score (nSPS) is 13.3. The zero-order valence-corrected chi connectivity index (χ0v) is 13.1. The lowest BCUT2D eigenvalue weighted by Crippen LogP contribution is -2.38. The monoisotopic (exact) mass is 297 g/mol. The highest BCUT2D eigenvalue weighted by Gasteiger charge is 2.26. The van der Waals surface area contributed by atoms with E-state index in [0.29, 0.717) is 24.5 Å². The molecule has 0 bridgehead atoms. The predicted molar refractivity (Wildman–Crippen MR) is 86.1 cm³/mol. The van der Waals surface area contributed by atoms with Gasteiger partial charge >= 0.3 is 0 Å². The summed E-state index contributed by atoms with van der Waals surface area (Å²) in [5.74, 6) is 1.43. The van der Waals surface area contributed by atoms with Gasteiger partial charge in [0.05, 0.1) is 19.3 Å². The smallest absolute Gasteiger partial charge is 0.258 e. The van der Waals surface area contributed by atoms with Gasteiger partial charge in [-0.2, -0.15) is 0 Å².